The van der Waals surface area contributed by atoms with E-state index in [2.05, 4.69) is 10.1 Å². The van der Waals surface area contributed by atoms with Gasteiger partial charge in [0.25, 0.3) is 0 Å². The number of hydrogen-bond acceptors (Lipinski definition) is 5. The summed E-state index contributed by atoms with van der Waals surface area (Å²) in [7, 11) is 5.21. The van der Waals surface area contributed by atoms with E-state index in [9.17, 15) is 14.4 Å². The van der Waals surface area contributed by atoms with Crippen molar-refractivity contribution in [1.82, 2.24) is 9.80 Å². The average molecular weight is 335 g/mol. The van der Waals surface area contributed by atoms with Crippen molar-refractivity contribution in [2.45, 2.75) is 13.3 Å². The molecule has 0 radical (unpaired) electrons. The van der Waals surface area contributed by atoms with Crippen LogP contribution in [0.4, 0.5) is 5.69 Å². The van der Waals surface area contributed by atoms with E-state index in [0.717, 1.165) is 13.0 Å². The fraction of sp³-hybridized carbons (Fsp3) is 0.471. The molecule has 2 amide bonds. The van der Waals surface area contributed by atoms with Gasteiger partial charge >= 0.3 is 5.97 Å². The summed E-state index contributed by atoms with van der Waals surface area (Å²) >= 11 is 0. The summed E-state index contributed by atoms with van der Waals surface area (Å²) in [5.74, 6) is -0.926. The molecule has 0 spiro atoms. The van der Waals surface area contributed by atoms with Crippen LogP contribution >= 0.6 is 0 Å². The quantitative estimate of drug-likeness (QED) is 0.723. The molecule has 7 heteroatoms. The normalized spacial score (nSPS) is 10.4. The molecule has 0 bridgehead atoms. The predicted molar refractivity (Wildman–Crippen MR) is 91.8 cm³/mol. The SMILES string of the molecule is COC(=O)c1cccc(NC(=O)CN(CCCN(C)C)C(C)=O)c1. The zero-order valence-corrected chi connectivity index (χ0v) is 14.7. The number of methoxy groups -OCH3 is 1. The number of hydrogen-bond donors (Lipinski definition) is 1. The Morgan fingerprint density at radius 2 is 1.88 bits per heavy atom. The van der Waals surface area contributed by atoms with Crippen LogP contribution in [0.25, 0.3) is 0 Å². The molecule has 0 saturated heterocycles. The van der Waals surface area contributed by atoms with Crippen molar-refractivity contribution in [1.29, 1.82) is 0 Å². The van der Waals surface area contributed by atoms with Crippen LogP contribution in [0.5, 0.6) is 0 Å². The third-order valence-electron chi connectivity index (χ3n) is 3.38. The summed E-state index contributed by atoms with van der Waals surface area (Å²) in [6, 6.07) is 6.47. The summed E-state index contributed by atoms with van der Waals surface area (Å²) < 4.78 is 4.65. The monoisotopic (exact) mass is 335 g/mol. The highest BCUT2D eigenvalue weighted by Gasteiger charge is 2.14. The summed E-state index contributed by atoms with van der Waals surface area (Å²) in [4.78, 5) is 38.8. The summed E-state index contributed by atoms with van der Waals surface area (Å²) in [5, 5.41) is 2.69. The van der Waals surface area contributed by atoms with E-state index >= 15 is 0 Å². The summed E-state index contributed by atoms with van der Waals surface area (Å²) in [5.41, 5.74) is 0.837. The number of nitrogens with one attached hydrogen (secondary N) is 1. The Morgan fingerprint density at radius 3 is 2.46 bits per heavy atom. The molecule has 0 saturated carbocycles. The lowest BCUT2D eigenvalue weighted by molar-refractivity contribution is -0.132. The Hall–Kier alpha value is -2.41. The number of carbonyl (C=O) groups is 3. The van der Waals surface area contributed by atoms with Crippen LogP contribution in [0.1, 0.15) is 23.7 Å². The smallest absolute Gasteiger partial charge is 0.337 e. The number of benzene rings is 1. The highest BCUT2D eigenvalue weighted by Crippen LogP contribution is 2.11. The lowest BCUT2D eigenvalue weighted by Crippen LogP contribution is -2.38. The molecule has 24 heavy (non-hydrogen) atoms. The second-order valence-electron chi connectivity index (χ2n) is 5.72. The van der Waals surface area contributed by atoms with Crippen LogP contribution < -0.4 is 5.32 Å². The highest BCUT2D eigenvalue weighted by molar-refractivity contribution is 5.96. The molecule has 7 nitrogen and oxygen atoms in total. The lowest BCUT2D eigenvalue weighted by atomic mass is 10.2. The van der Waals surface area contributed by atoms with Gasteiger partial charge in [-0.05, 0) is 45.3 Å². The number of anilines is 1. The first-order valence-corrected chi connectivity index (χ1v) is 7.72. The van der Waals surface area contributed by atoms with E-state index in [1.807, 2.05) is 19.0 Å². The first-order chi connectivity index (χ1) is 11.3. The first-order valence-electron chi connectivity index (χ1n) is 7.72. The maximum atomic E-state index is 12.1. The molecule has 1 aromatic rings. The third-order valence-corrected chi connectivity index (χ3v) is 3.38. The van der Waals surface area contributed by atoms with Crippen LogP contribution in [0.3, 0.4) is 0 Å². The fourth-order valence-electron chi connectivity index (χ4n) is 2.14. The minimum absolute atomic E-state index is 0.0226. The Morgan fingerprint density at radius 1 is 1.17 bits per heavy atom. The standard InChI is InChI=1S/C17H25N3O4/c1-13(21)20(10-6-9-19(2)3)12-16(22)18-15-8-5-7-14(11-15)17(23)24-4/h5,7-8,11H,6,9-10,12H2,1-4H3,(H,18,22). The molecule has 1 aromatic carbocycles. The Balaban J connectivity index is 2.62. The number of esters is 1. The van der Waals surface area contributed by atoms with E-state index in [0.29, 0.717) is 17.8 Å². The van der Waals surface area contributed by atoms with Crippen molar-refractivity contribution < 1.29 is 19.1 Å². The van der Waals surface area contributed by atoms with Crippen molar-refractivity contribution >= 4 is 23.5 Å². The van der Waals surface area contributed by atoms with Gasteiger partial charge in [0.2, 0.25) is 11.8 Å². The Labute approximate surface area is 142 Å². The second-order valence-corrected chi connectivity index (χ2v) is 5.72. The van der Waals surface area contributed by atoms with Gasteiger partial charge in [-0.25, -0.2) is 4.79 Å². The molecule has 0 unspecified atom stereocenters. The Kier molecular flexibility index (Phi) is 7.91. The van der Waals surface area contributed by atoms with Gasteiger partial charge in [-0.3, -0.25) is 9.59 Å². The third kappa shape index (κ3) is 6.78. The molecule has 0 fully saturated rings. The molecular formula is C17H25N3O4. The maximum absolute atomic E-state index is 12.1. The molecule has 1 N–H and O–H groups in total. The number of rotatable bonds is 8. The highest BCUT2D eigenvalue weighted by atomic mass is 16.5. The van der Waals surface area contributed by atoms with Gasteiger partial charge in [0.05, 0.1) is 19.2 Å². The van der Waals surface area contributed by atoms with Crippen LogP contribution in [0.2, 0.25) is 0 Å². The molecule has 132 valence electrons. The molecule has 1 rings (SSSR count). The summed E-state index contributed by atoms with van der Waals surface area (Å²) in [6.45, 7) is 2.78. The molecule has 0 aliphatic heterocycles. The van der Waals surface area contributed by atoms with Crippen molar-refractivity contribution in [3.8, 4) is 0 Å². The topological polar surface area (TPSA) is 79.0 Å². The van der Waals surface area contributed by atoms with Crippen molar-refractivity contribution in [3.05, 3.63) is 29.8 Å². The van der Waals surface area contributed by atoms with Gasteiger partial charge in [0.1, 0.15) is 0 Å². The number of carbonyl (C=O) groups excluding carboxylic acids is 3. The molecule has 0 aromatic heterocycles. The molecule has 0 aliphatic carbocycles. The minimum Gasteiger partial charge on any atom is -0.465 e. The number of nitrogens with zero attached hydrogens (tertiary/aromatic N) is 2. The zero-order valence-electron chi connectivity index (χ0n) is 14.7. The van der Waals surface area contributed by atoms with E-state index in [1.54, 1.807) is 18.2 Å². The average Bonchev–Trinajstić information content (AvgIpc) is 2.52. The van der Waals surface area contributed by atoms with Crippen LogP contribution in [0.15, 0.2) is 24.3 Å². The van der Waals surface area contributed by atoms with Crippen molar-refractivity contribution in [2.75, 3.05) is 46.2 Å². The molecule has 0 atom stereocenters. The fourth-order valence-corrected chi connectivity index (χ4v) is 2.14. The van der Waals surface area contributed by atoms with Crippen LogP contribution in [0, 0.1) is 0 Å². The van der Waals surface area contributed by atoms with Gasteiger partial charge in [0, 0.05) is 19.2 Å². The second kappa shape index (κ2) is 9.67. The Bertz CT molecular complexity index is 587. The van der Waals surface area contributed by atoms with E-state index in [1.165, 1.54) is 25.0 Å². The predicted octanol–water partition coefficient (Wildman–Crippen LogP) is 1.21. The van der Waals surface area contributed by atoms with E-state index in [4.69, 9.17) is 0 Å². The zero-order chi connectivity index (χ0) is 18.1. The van der Waals surface area contributed by atoms with Gasteiger partial charge < -0.3 is 19.9 Å². The van der Waals surface area contributed by atoms with Crippen LogP contribution in [-0.2, 0) is 14.3 Å². The lowest BCUT2D eigenvalue weighted by Gasteiger charge is -2.21. The van der Waals surface area contributed by atoms with Crippen molar-refractivity contribution in [3.63, 3.8) is 0 Å². The molecule has 0 heterocycles. The van der Waals surface area contributed by atoms with Gasteiger partial charge in [-0.2, -0.15) is 0 Å². The van der Waals surface area contributed by atoms with Gasteiger partial charge in [0.15, 0.2) is 0 Å². The van der Waals surface area contributed by atoms with Gasteiger partial charge in [-0.1, -0.05) is 6.07 Å². The van der Waals surface area contributed by atoms with Crippen molar-refractivity contribution in [2.24, 2.45) is 0 Å². The van der Waals surface area contributed by atoms with E-state index < -0.39 is 5.97 Å². The largest absolute Gasteiger partial charge is 0.465 e. The van der Waals surface area contributed by atoms with Gasteiger partial charge in [-0.15, -0.1) is 0 Å². The maximum Gasteiger partial charge on any atom is 0.337 e. The molecule has 0 aliphatic rings. The van der Waals surface area contributed by atoms with E-state index in [-0.39, 0.29) is 18.4 Å². The van der Waals surface area contributed by atoms with Crippen LogP contribution in [-0.4, -0.2) is 68.4 Å². The minimum atomic E-state index is -0.472. The molecular weight excluding hydrogens is 310 g/mol. The number of amides is 2. The number of ether oxygens (including phenoxy) is 1. The first kappa shape index (κ1) is 19.6. The summed E-state index contributed by atoms with van der Waals surface area (Å²) in [6.07, 6.45) is 0.789.